The standard InChI is InChI=1S/C17H29N5O2/c1-2-3-4-5-8-22(10-9-21-11-13-24-14-12-21)17(23)15-16(18)20-7-6-19-15/h6-7H,2-5,8-14H2,1H3,(H2,18,20). The minimum Gasteiger partial charge on any atom is -0.382 e. The average molecular weight is 335 g/mol. The molecule has 7 nitrogen and oxygen atoms in total. The van der Waals surface area contributed by atoms with E-state index in [1.54, 1.807) is 0 Å². The third kappa shape index (κ3) is 5.72. The van der Waals surface area contributed by atoms with E-state index in [1.165, 1.54) is 25.2 Å². The summed E-state index contributed by atoms with van der Waals surface area (Å²) in [5.41, 5.74) is 6.09. The van der Waals surface area contributed by atoms with E-state index in [9.17, 15) is 4.79 Å². The second kappa shape index (κ2) is 10.2. The molecule has 1 amide bonds. The number of nitrogens with two attached hydrogens (primary N) is 1. The maximum Gasteiger partial charge on any atom is 0.276 e. The van der Waals surface area contributed by atoms with Gasteiger partial charge in [-0.3, -0.25) is 9.69 Å². The van der Waals surface area contributed by atoms with Crippen LogP contribution in [0.15, 0.2) is 12.4 Å². The summed E-state index contributed by atoms with van der Waals surface area (Å²) < 4.78 is 5.37. The van der Waals surface area contributed by atoms with Gasteiger partial charge < -0.3 is 15.4 Å². The predicted octanol–water partition coefficient (Wildman–Crippen LogP) is 1.41. The highest BCUT2D eigenvalue weighted by Crippen LogP contribution is 2.10. The molecular formula is C17H29N5O2. The average Bonchev–Trinajstić information content (AvgIpc) is 2.62. The van der Waals surface area contributed by atoms with Gasteiger partial charge in [-0.1, -0.05) is 26.2 Å². The molecule has 1 aromatic heterocycles. The molecule has 1 fully saturated rings. The van der Waals surface area contributed by atoms with Crippen molar-refractivity contribution in [1.29, 1.82) is 0 Å². The zero-order valence-electron chi connectivity index (χ0n) is 14.6. The van der Waals surface area contributed by atoms with Crippen molar-refractivity contribution in [3.63, 3.8) is 0 Å². The molecule has 1 aliphatic rings. The van der Waals surface area contributed by atoms with Crippen molar-refractivity contribution < 1.29 is 9.53 Å². The van der Waals surface area contributed by atoms with Crippen molar-refractivity contribution >= 4 is 11.7 Å². The van der Waals surface area contributed by atoms with Gasteiger partial charge in [0, 0.05) is 45.1 Å². The molecule has 134 valence electrons. The van der Waals surface area contributed by atoms with Gasteiger partial charge >= 0.3 is 0 Å². The monoisotopic (exact) mass is 335 g/mol. The summed E-state index contributed by atoms with van der Waals surface area (Å²) in [4.78, 5) is 25.1. The van der Waals surface area contributed by atoms with Crippen LogP contribution in [-0.2, 0) is 4.74 Å². The smallest absolute Gasteiger partial charge is 0.276 e. The quantitative estimate of drug-likeness (QED) is 0.687. The normalized spacial score (nSPS) is 15.4. The minimum absolute atomic E-state index is 0.120. The molecule has 0 saturated carbocycles. The summed E-state index contributed by atoms with van der Waals surface area (Å²) in [6.45, 7) is 7.82. The van der Waals surface area contributed by atoms with Gasteiger partial charge in [0.15, 0.2) is 11.5 Å². The summed E-state index contributed by atoms with van der Waals surface area (Å²) in [5.74, 6) is 0.0813. The maximum atomic E-state index is 12.8. The number of nitrogen functional groups attached to an aromatic ring is 1. The Morgan fingerprint density at radius 1 is 1.21 bits per heavy atom. The molecule has 0 radical (unpaired) electrons. The van der Waals surface area contributed by atoms with Crippen molar-refractivity contribution in [1.82, 2.24) is 19.8 Å². The van der Waals surface area contributed by atoms with Gasteiger partial charge in [-0.25, -0.2) is 9.97 Å². The van der Waals surface area contributed by atoms with Crippen LogP contribution in [0, 0.1) is 0 Å². The number of unbranched alkanes of at least 4 members (excludes halogenated alkanes) is 3. The van der Waals surface area contributed by atoms with E-state index in [2.05, 4.69) is 21.8 Å². The maximum absolute atomic E-state index is 12.8. The number of hydrogen-bond donors (Lipinski definition) is 1. The van der Waals surface area contributed by atoms with Crippen LogP contribution in [0.4, 0.5) is 5.82 Å². The highest BCUT2D eigenvalue weighted by atomic mass is 16.5. The number of rotatable bonds is 9. The number of nitrogens with zero attached hydrogens (tertiary/aromatic N) is 4. The van der Waals surface area contributed by atoms with Gasteiger partial charge in [-0.2, -0.15) is 0 Å². The van der Waals surface area contributed by atoms with E-state index in [0.29, 0.717) is 6.54 Å². The fourth-order valence-corrected chi connectivity index (χ4v) is 2.79. The van der Waals surface area contributed by atoms with Gasteiger partial charge in [0.1, 0.15) is 0 Å². The lowest BCUT2D eigenvalue weighted by Gasteiger charge is -2.30. The van der Waals surface area contributed by atoms with Crippen molar-refractivity contribution in [3.05, 3.63) is 18.1 Å². The van der Waals surface area contributed by atoms with Crippen LogP contribution in [-0.4, -0.2) is 71.6 Å². The number of hydrogen-bond acceptors (Lipinski definition) is 6. The first-order chi connectivity index (χ1) is 11.7. The topological polar surface area (TPSA) is 84.6 Å². The van der Waals surface area contributed by atoms with Gasteiger partial charge in [0.2, 0.25) is 0 Å². The Hall–Kier alpha value is -1.73. The second-order valence-corrected chi connectivity index (χ2v) is 6.10. The van der Waals surface area contributed by atoms with E-state index in [1.807, 2.05) is 4.90 Å². The fraction of sp³-hybridized carbons (Fsp3) is 0.706. The molecule has 1 saturated heterocycles. The van der Waals surface area contributed by atoms with Gasteiger partial charge in [0.25, 0.3) is 5.91 Å². The molecule has 1 aromatic rings. The fourth-order valence-electron chi connectivity index (χ4n) is 2.79. The van der Waals surface area contributed by atoms with Crippen molar-refractivity contribution in [3.8, 4) is 0 Å². The molecule has 0 bridgehead atoms. The molecule has 1 aliphatic heterocycles. The number of morpholine rings is 1. The summed E-state index contributed by atoms with van der Waals surface area (Å²) in [6.07, 6.45) is 7.53. The lowest BCUT2D eigenvalue weighted by Crippen LogP contribution is -2.43. The minimum atomic E-state index is -0.120. The summed E-state index contributed by atoms with van der Waals surface area (Å²) in [5, 5.41) is 0. The number of carbonyl (C=O) groups excluding carboxylic acids is 1. The summed E-state index contributed by atoms with van der Waals surface area (Å²) in [7, 11) is 0. The molecule has 0 aliphatic carbocycles. The number of ether oxygens (including phenoxy) is 1. The highest BCUT2D eigenvalue weighted by Gasteiger charge is 2.21. The lowest BCUT2D eigenvalue weighted by molar-refractivity contribution is 0.0323. The SMILES string of the molecule is CCCCCCN(CCN1CCOCC1)C(=O)c1nccnc1N. The Kier molecular flexibility index (Phi) is 7.91. The third-order valence-electron chi connectivity index (χ3n) is 4.29. The second-order valence-electron chi connectivity index (χ2n) is 6.10. The number of aromatic nitrogens is 2. The van der Waals surface area contributed by atoms with E-state index >= 15 is 0 Å². The Morgan fingerprint density at radius 2 is 1.96 bits per heavy atom. The Morgan fingerprint density at radius 3 is 2.67 bits per heavy atom. The van der Waals surface area contributed by atoms with Gasteiger partial charge in [0.05, 0.1) is 13.2 Å². The van der Waals surface area contributed by atoms with E-state index < -0.39 is 0 Å². The van der Waals surface area contributed by atoms with Crippen LogP contribution < -0.4 is 5.73 Å². The van der Waals surface area contributed by atoms with Gasteiger partial charge in [-0.05, 0) is 6.42 Å². The molecule has 2 N–H and O–H groups in total. The van der Waals surface area contributed by atoms with Crippen molar-refractivity contribution in [2.24, 2.45) is 0 Å². The first-order valence-corrected chi connectivity index (χ1v) is 8.88. The largest absolute Gasteiger partial charge is 0.382 e. The first kappa shape index (κ1) is 18.6. The number of amides is 1. The van der Waals surface area contributed by atoms with Crippen molar-refractivity contribution in [2.45, 2.75) is 32.6 Å². The molecule has 2 heterocycles. The number of carbonyl (C=O) groups is 1. The van der Waals surface area contributed by atoms with Crippen LogP contribution in [0.5, 0.6) is 0 Å². The molecule has 0 aromatic carbocycles. The Bertz CT molecular complexity index is 506. The first-order valence-electron chi connectivity index (χ1n) is 8.88. The van der Waals surface area contributed by atoms with Crippen molar-refractivity contribution in [2.75, 3.05) is 51.7 Å². The molecule has 0 atom stereocenters. The highest BCUT2D eigenvalue weighted by molar-refractivity contribution is 5.96. The molecule has 0 spiro atoms. The molecular weight excluding hydrogens is 306 g/mol. The summed E-state index contributed by atoms with van der Waals surface area (Å²) in [6, 6.07) is 0. The summed E-state index contributed by atoms with van der Waals surface area (Å²) >= 11 is 0. The van der Waals surface area contributed by atoms with Gasteiger partial charge in [-0.15, -0.1) is 0 Å². The Balaban J connectivity index is 1.95. The third-order valence-corrected chi connectivity index (χ3v) is 4.29. The Labute approximate surface area is 144 Å². The van der Waals surface area contributed by atoms with Crippen LogP contribution in [0.25, 0.3) is 0 Å². The molecule has 24 heavy (non-hydrogen) atoms. The van der Waals surface area contributed by atoms with E-state index in [4.69, 9.17) is 10.5 Å². The molecule has 7 heteroatoms. The van der Waals surface area contributed by atoms with Crippen LogP contribution in [0.2, 0.25) is 0 Å². The number of anilines is 1. The van der Waals surface area contributed by atoms with E-state index in [-0.39, 0.29) is 17.4 Å². The van der Waals surface area contributed by atoms with Crippen LogP contribution in [0.1, 0.15) is 43.1 Å². The lowest BCUT2D eigenvalue weighted by atomic mass is 10.2. The van der Waals surface area contributed by atoms with E-state index in [0.717, 1.165) is 52.2 Å². The molecule has 2 rings (SSSR count). The van der Waals surface area contributed by atoms with Crippen LogP contribution >= 0.6 is 0 Å². The predicted molar refractivity (Wildman–Crippen MR) is 93.7 cm³/mol. The molecule has 0 unspecified atom stereocenters. The zero-order chi connectivity index (χ0) is 17.2. The zero-order valence-corrected chi connectivity index (χ0v) is 14.6. The van der Waals surface area contributed by atoms with Crippen LogP contribution in [0.3, 0.4) is 0 Å².